The van der Waals surface area contributed by atoms with Gasteiger partial charge in [0.1, 0.15) is 24.5 Å². The van der Waals surface area contributed by atoms with Crippen molar-refractivity contribution in [2.45, 2.75) is 26.5 Å². The number of fused-ring (bicyclic) bond motifs is 1. The van der Waals surface area contributed by atoms with Crippen molar-refractivity contribution < 1.29 is 23.9 Å². The molecule has 0 aliphatic carbocycles. The maximum absolute atomic E-state index is 13.6. The van der Waals surface area contributed by atoms with Crippen LogP contribution >= 0.6 is 0 Å². The second-order valence-corrected chi connectivity index (χ2v) is 13.7. The van der Waals surface area contributed by atoms with Crippen LogP contribution in [0.5, 0.6) is 5.75 Å². The summed E-state index contributed by atoms with van der Waals surface area (Å²) in [6.07, 6.45) is 3.01. The first-order chi connectivity index (χ1) is 26.7. The maximum atomic E-state index is 13.6. The van der Waals surface area contributed by atoms with E-state index in [0.717, 1.165) is 33.7 Å². The predicted octanol–water partition coefficient (Wildman–Crippen LogP) is 4.79. The van der Waals surface area contributed by atoms with Crippen molar-refractivity contribution in [3.8, 4) is 5.75 Å². The summed E-state index contributed by atoms with van der Waals surface area (Å²) in [4.78, 5) is 58.0. The van der Waals surface area contributed by atoms with E-state index in [1.54, 1.807) is 30.4 Å². The molecule has 14 heteroatoms. The lowest BCUT2D eigenvalue weighted by molar-refractivity contribution is -0.118. The van der Waals surface area contributed by atoms with E-state index in [1.165, 1.54) is 4.90 Å². The van der Waals surface area contributed by atoms with Gasteiger partial charge in [-0.15, -0.1) is 0 Å². The van der Waals surface area contributed by atoms with E-state index in [9.17, 15) is 14.4 Å². The molecule has 3 amide bonds. The standard InChI is InChI=1S/C41H49N9O5/c1-5-54-35-13-9-12-32(26-35)28-50-39-36(27-44-50)38(42-30-43-39)47-21-23-48(24-22-47)40(52)33-14-16-34(17-15-33)49(25-20-45(2)3)37(51)18-19-46(4)41(53)55-29-31-10-7-6-8-11-31/h6-17,26-27,30H,5,18-25,28-29H2,1-4H3. The number of benzene rings is 3. The second kappa shape index (κ2) is 18.3. The van der Waals surface area contributed by atoms with Gasteiger partial charge in [0.15, 0.2) is 5.65 Å². The SMILES string of the molecule is CCOc1cccc(Cn2ncc3c(N4CCN(C(=O)c5ccc(N(CCN(C)C)C(=O)CCN(C)C(=O)OCc6ccccc6)cc5)CC4)ncnc32)c1. The van der Waals surface area contributed by atoms with Crippen molar-refractivity contribution in [1.29, 1.82) is 0 Å². The number of piperazine rings is 1. The molecule has 3 heterocycles. The Morgan fingerprint density at radius 3 is 2.29 bits per heavy atom. The minimum atomic E-state index is -0.488. The van der Waals surface area contributed by atoms with Crippen molar-refractivity contribution in [3.63, 3.8) is 0 Å². The minimum Gasteiger partial charge on any atom is -0.494 e. The van der Waals surface area contributed by atoms with Crippen LogP contribution in [0.3, 0.4) is 0 Å². The average Bonchev–Trinajstić information content (AvgIpc) is 3.62. The average molecular weight is 748 g/mol. The third-order valence-corrected chi connectivity index (χ3v) is 9.50. The van der Waals surface area contributed by atoms with Gasteiger partial charge in [-0.3, -0.25) is 9.59 Å². The Morgan fingerprint density at radius 2 is 1.56 bits per heavy atom. The molecule has 0 radical (unpaired) electrons. The molecule has 288 valence electrons. The number of amides is 3. The zero-order valence-corrected chi connectivity index (χ0v) is 32.0. The van der Waals surface area contributed by atoms with Crippen LogP contribution in [0.25, 0.3) is 11.0 Å². The Morgan fingerprint density at radius 1 is 0.818 bits per heavy atom. The summed E-state index contributed by atoms with van der Waals surface area (Å²) < 4.78 is 12.9. The zero-order chi connectivity index (χ0) is 38.7. The molecular weight excluding hydrogens is 699 g/mol. The zero-order valence-electron chi connectivity index (χ0n) is 32.0. The van der Waals surface area contributed by atoms with Crippen molar-refractivity contribution >= 4 is 40.4 Å². The summed E-state index contributed by atoms with van der Waals surface area (Å²) in [6.45, 7) is 6.87. The van der Waals surface area contributed by atoms with E-state index >= 15 is 0 Å². The highest BCUT2D eigenvalue weighted by atomic mass is 16.6. The Hall–Kier alpha value is -6.02. The summed E-state index contributed by atoms with van der Waals surface area (Å²) in [5.74, 6) is 1.43. The van der Waals surface area contributed by atoms with Gasteiger partial charge in [0.05, 0.1) is 24.7 Å². The molecule has 1 aliphatic heterocycles. The lowest BCUT2D eigenvalue weighted by atomic mass is 10.1. The molecule has 14 nitrogen and oxygen atoms in total. The van der Waals surface area contributed by atoms with Gasteiger partial charge >= 0.3 is 6.09 Å². The van der Waals surface area contributed by atoms with E-state index in [1.807, 2.05) is 108 Å². The molecule has 1 aliphatic rings. The van der Waals surface area contributed by atoms with Gasteiger partial charge in [-0.25, -0.2) is 19.4 Å². The van der Waals surface area contributed by atoms with Crippen molar-refractivity contribution in [2.24, 2.45) is 0 Å². The molecule has 3 aromatic carbocycles. The smallest absolute Gasteiger partial charge is 0.409 e. The van der Waals surface area contributed by atoms with Crippen LogP contribution in [0.15, 0.2) is 91.4 Å². The van der Waals surface area contributed by atoms with Gasteiger partial charge in [0.2, 0.25) is 5.91 Å². The monoisotopic (exact) mass is 747 g/mol. The second-order valence-electron chi connectivity index (χ2n) is 13.7. The number of carbonyl (C=O) groups is 3. The normalized spacial score (nSPS) is 12.9. The summed E-state index contributed by atoms with van der Waals surface area (Å²) in [5.41, 5.74) is 3.95. The van der Waals surface area contributed by atoms with Crippen molar-refractivity contribution in [2.75, 3.05) is 83.4 Å². The third-order valence-electron chi connectivity index (χ3n) is 9.50. The van der Waals surface area contributed by atoms with Crippen LogP contribution in [-0.2, 0) is 22.7 Å². The van der Waals surface area contributed by atoms with Crippen LogP contribution in [0.2, 0.25) is 0 Å². The number of nitrogens with zero attached hydrogens (tertiary/aromatic N) is 9. The molecule has 1 saturated heterocycles. The molecule has 0 atom stereocenters. The summed E-state index contributed by atoms with van der Waals surface area (Å²) in [5, 5.41) is 5.49. The Balaban J connectivity index is 1.04. The first-order valence-corrected chi connectivity index (χ1v) is 18.6. The maximum Gasteiger partial charge on any atom is 0.409 e. The number of likely N-dealkylation sites (N-methyl/N-ethyl adjacent to an activating group) is 1. The molecule has 0 bridgehead atoms. The van der Waals surface area contributed by atoms with Gasteiger partial charge in [0, 0.05) is 70.5 Å². The fourth-order valence-electron chi connectivity index (χ4n) is 6.43. The lowest BCUT2D eigenvalue weighted by Gasteiger charge is -2.35. The molecular formula is C41H49N9O5. The first kappa shape index (κ1) is 38.7. The topological polar surface area (TPSA) is 129 Å². The summed E-state index contributed by atoms with van der Waals surface area (Å²) >= 11 is 0. The minimum absolute atomic E-state index is 0.0667. The van der Waals surface area contributed by atoms with Crippen molar-refractivity contribution in [3.05, 3.63) is 108 Å². The van der Waals surface area contributed by atoms with Crippen LogP contribution in [0, 0.1) is 0 Å². The highest BCUT2D eigenvalue weighted by Crippen LogP contribution is 2.26. The number of aromatic nitrogens is 4. The predicted molar refractivity (Wildman–Crippen MR) is 211 cm³/mol. The van der Waals surface area contributed by atoms with Gasteiger partial charge in [-0.05, 0) is 68.5 Å². The molecule has 0 unspecified atom stereocenters. The molecule has 5 aromatic rings. The highest BCUT2D eigenvalue weighted by molar-refractivity contribution is 5.97. The Kier molecular flexibility index (Phi) is 12.9. The van der Waals surface area contributed by atoms with E-state index in [4.69, 9.17) is 9.47 Å². The van der Waals surface area contributed by atoms with E-state index in [2.05, 4.69) is 20.0 Å². The third kappa shape index (κ3) is 9.95. The molecule has 2 aromatic heterocycles. The van der Waals surface area contributed by atoms with Crippen LogP contribution in [0.4, 0.5) is 16.3 Å². The molecule has 55 heavy (non-hydrogen) atoms. The molecule has 6 rings (SSSR count). The number of rotatable bonds is 15. The Labute approximate surface area is 321 Å². The summed E-state index contributed by atoms with van der Waals surface area (Å²) in [6, 6.07) is 24.6. The van der Waals surface area contributed by atoms with E-state index in [0.29, 0.717) is 63.7 Å². The van der Waals surface area contributed by atoms with Crippen LogP contribution in [-0.4, -0.2) is 126 Å². The van der Waals surface area contributed by atoms with Gasteiger partial charge in [-0.2, -0.15) is 5.10 Å². The van der Waals surface area contributed by atoms with Crippen LogP contribution < -0.4 is 14.5 Å². The number of hydrogen-bond acceptors (Lipinski definition) is 10. The largest absolute Gasteiger partial charge is 0.494 e. The molecule has 1 fully saturated rings. The fourth-order valence-corrected chi connectivity index (χ4v) is 6.43. The Bertz CT molecular complexity index is 2050. The fraction of sp³-hybridized carbons (Fsp3) is 0.366. The van der Waals surface area contributed by atoms with E-state index in [-0.39, 0.29) is 31.4 Å². The van der Waals surface area contributed by atoms with Gasteiger partial charge in [0.25, 0.3) is 5.91 Å². The van der Waals surface area contributed by atoms with Crippen molar-refractivity contribution in [1.82, 2.24) is 34.4 Å². The molecule has 0 spiro atoms. The van der Waals surface area contributed by atoms with Gasteiger partial charge < -0.3 is 34.0 Å². The van der Waals surface area contributed by atoms with Gasteiger partial charge in [-0.1, -0.05) is 42.5 Å². The summed E-state index contributed by atoms with van der Waals surface area (Å²) in [7, 11) is 5.52. The molecule has 0 saturated carbocycles. The van der Waals surface area contributed by atoms with E-state index < -0.39 is 6.09 Å². The number of carbonyl (C=O) groups excluding carboxylic acids is 3. The first-order valence-electron chi connectivity index (χ1n) is 18.6. The quantitative estimate of drug-likeness (QED) is 0.148. The highest BCUT2D eigenvalue weighted by Gasteiger charge is 2.26. The number of ether oxygens (including phenoxy) is 2. The van der Waals surface area contributed by atoms with Crippen LogP contribution in [0.1, 0.15) is 34.8 Å². The lowest BCUT2D eigenvalue weighted by Crippen LogP contribution is -2.49. The molecule has 0 N–H and O–H groups in total. The number of hydrogen-bond donors (Lipinski definition) is 0. The number of anilines is 2.